The molecule has 2 atom stereocenters. The number of amides is 2. The Bertz CT molecular complexity index is 1110. The molecule has 2 fully saturated rings. The summed E-state index contributed by atoms with van der Waals surface area (Å²) in [5, 5.41) is 15.4. The molecule has 0 radical (unpaired) electrons. The summed E-state index contributed by atoms with van der Waals surface area (Å²) < 4.78 is 5.71. The van der Waals surface area contributed by atoms with Crippen LogP contribution in [-0.2, 0) is 14.3 Å². The van der Waals surface area contributed by atoms with E-state index >= 15 is 0 Å². The summed E-state index contributed by atoms with van der Waals surface area (Å²) in [6, 6.07) is 15.9. The first-order valence-electron chi connectivity index (χ1n) is 12.5. The zero-order chi connectivity index (χ0) is 24.6. The average molecular weight is 477 g/mol. The summed E-state index contributed by atoms with van der Waals surface area (Å²) in [5.74, 6) is -1.33. The molecule has 3 aliphatic rings. The monoisotopic (exact) mass is 476 g/mol. The van der Waals surface area contributed by atoms with Crippen LogP contribution in [0.4, 0.5) is 4.79 Å². The molecule has 0 saturated heterocycles. The van der Waals surface area contributed by atoms with E-state index in [0.29, 0.717) is 25.7 Å². The molecule has 0 heterocycles. The van der Waals surface area contributed by atoms with Gasteiger partial charge in [-0.1, -0.05) is 61.4 Å². The van der Waals surface area contributed by atoms with Crippen molar-refractivity contribution in [3.05, 3.63) is 59.7 Å². The van der Waals surface area contributed by atoms with Crippen molar-refractivity contribution in [2.45, 2.75) is 69.4 Å². The van der Waals surface area contributed by atoms with Gasteiger partial charge in [-0.25, -0.2) is 9.59 Å². The fourth-order valence-corrected chi connectivity index (χ4v) is 5.90. The van der Waals surface area contributed by atoms with Crippen LogP contribution in [0.1, 0.15) is 68.9 Å². The van der Waals surface area contributed by atoms with Crippen LogP contribution < -0.4 is 10.6 Å². The average Bonchev–Trinajstić information content (AvgIpc) is 3.15. The second-order valence-corrected chi connectivity index (χ2v) is 10.4. The molecule has 2 unspecified atom stereocenters. The Hall–Kier alpha value is -3.35. The summed E-state index contributed by atoms with van der Waals surface area (Å²) in [5.41, 5.74) is 2.55. The van der Waals surface area contributed by atoms with Crippen molar-refractivity contribution in [3.63, 3.8) is 0 Å². The van der Waals surface area contributed by atoms with Crippen LogP contribution in [0.5, 0.6) is 0 Å². The normalized spacial score (nSPS) is 24.4. The maximum absolute atomic E-state index is 13.3. The predicted octanol–water partition coefficient (Wildman–Crippen LogP) is 4.60. The lowest BCUT2D eigenvalue weighted by atomic mass is 9.69. The van der Waals surface area contributed by atoms with Gasteiger partial charge in [0.25, 0.3) is 0 Å². The fourth-order valence-electron chi connectivity index (χ4n) is 5.90. The van der Waals surface area contributed by atoms with Crippen molar-refractivity contribution >= 4 is 18.0 Å². The Labute approximate surface area is 205 Å². The third-order valence-electron chi connectivity index (χ3n) is 8.33. The molecule has 184 valence electrons. The minimum atomic E-state index is -1.17. The Morgan fingerprint density at radius 1 is 0.943 bits per heavy atom. The van der Waals surface area contributed by atoms with Crippen molar-refractivity contribution in [1.82, 2.24) is 10.6 Å². The van der Waals surface area contributed by atoms with E-state index in [0.717, 1.165) is 41.5 Å². The molecule has 2 amide bonds. The standard InChI is InChI=1S/C28H32N2O5/c1-27(24(31)30-28(25(32)33)15-8-16-28)14-7-6-13-23(27)29-26(34)35-17-22-20-11-4-2-9-18(20)19-10-3-5-12-21(19)22/h2-5,9-12,22-23H,6-8,13-17H2,1H3,(H,29,34)(H,30,31)(H,32,33). The second kappa shape index (κ2) is 9.02. The zero-order valence-electron chi connectivity index (χ0n) is 20.0. The number of fused-ring (bicyclic) bond motifs is 3. The van der Waals surface area contributed by atoms with Gasteiger partial charge in [-0.05, 0) is 61.3 Å². The Morgan fingerprint density at radius 3 is 2.14 bits per heavy atom. The first kappa shape index (κ1) is 23.4. The van der Waals surface area contributed by atoms with Gasteiger partial charge in [0.05, 0.1) is 5.41 Å². The zero-order valence-corrected chi connectivity index (χ0v) is 20.0. The van der Waals surface area contributed by atoms with E-state index in [9.17, 15) is 19.5 Å². The molecular formula is C28H32N2O5. The van der Waals surface area contributed by atoms with Crippen LogP contribution in [-0.4, -0.2) is 41.3 Å². The highest BCUT2D eigenvalue weighted by atomic mass is 16.5. The van der Waals surface area contributed by atoms with Gasteiger partial charge in [0.15, 0.2) is 0 Å². The van der Waals surface area contributed by atoms with E-state index in [-0.39, 0.29) is 18.4 Å². The number of carboxylic acid groups (broad SMARTS) is 1. The summed E-state index contributed by atoms with van der Waals surface area (Å²) in [4.78, 5) is 38.0. The van der Waals surface area contributed by atoms with Gasteiger partial charge < -0.3 is 20.5 Å². The molecule has 0 bridgehead atoms. The van der Waals surface area contributed by atoms with E-state index in [4.69, 9.17) is 4.74 Å². The van der Waals surface area contributed by atoms with Gasteiger partial charge >= 0.3 is 12.1 Å². The van der Waals surface area contributed by atoms with E-state index in [1.54, 1.807) is 0 Å². The van der Waals surface area contributed by atoms with Crippen LogP contribution >= 0.6 is 0 Å². The summed E-state index contributed by atoms with van der Waals surface area (Å²) in [6.07, 6.45) is 4.09. The molecule has 3 N–H and O–H groups in total. The fraction of sp³-hybridized carbons (Fsp3) is 0.464. The van der Waals surface area contributed by atoms with Crippen LogP contribution in [0.25, 0.3) is 11.1 Å². The Kier molecular flexibility index (Phi) is 6.03. The second-order valence-electron chi connectivity index (χ2n) is 10.4. The van der Waals surface area contributed by atoms with E-state index in [1.807, 2.05) is 31.2 Å². The van der Waals surface area contributed by atoms with Gasteiger partial charge in [0, 0.05) is 12.0 Å². The molecule has 7 nitrogen and oxygen atoms in total. The number of rotatable bonds is 6. The minimum Gasteiger partial charge on any atom is -0.480 e. The van der Waals surface area contributed by atoms with Crippen LogP contribution in [0.15, 0.2) is 48.5 Å². The minimum absolute atomic E-state index is 0.0387. The number of ether oxygens (including phenoxy) is 1. The summed E-state index contributed by atoms with van der Waals surface area (Å²) in [6.45, 7) is 2.03. The third-order valence-corrected chi connectivity index (χ3v) is 8.33. The number of hydrogen-bond donors (Lipinski definition) is 3. The van der Waals surface area contributed by atoms with Gasteiger partial charge in [-0.15, -0.1) is 0 Å². The highest BCUT2D eigenvalue weighted by molar-refractivity contribution is 5.91. The number of aliphatic carboxylic acids is 1. The molecule has 7 heteroatoms. The van der Waals surface area contributed by atoms with Crippen molar-refractivity contribution in [1.29, 1.82) is 0 Å². The molecule has 0 aliphatic heterocycles. The van der Waals surface area contributed by atoms with Crippen LogP contribution in [0.3, 0.4) is 0 Å². The molecule has 3 aliphatic carbocycles. The molecule has 35 heavy (non-hydrogen) atoms. The Balaban J connectivity index is 1.26. The molecule has 0 aromatic heterocycles. The molecule has 2 saturated carbocycles. The van der Waals surface area contributed by atoms with Crippen molar-refractivity contribution < 1.29 is 24.2 Å². The number of nitrogens with one attached hydrogen (secondary N) is 2. The third kappa shape index (κ3) is 4.07. The summed E-state index contributed by atoms with van der Waals surface area (Å²) in [7, 11) is 0. The van der Waals surface area contributed by atoms with Gasteiger partial charge in [0.1, 0.15) is 12.1 Å². The quantitative estimate of drug-likeness (QED) is 0.565. The van der Waals surface area contributed by atoms with E-state index < -0.39 is 29.1 Å². The highest BCUT2D eigenvalue weighted by Gasteiger charge is 2.51. The van der Waals surface area contributed by atoms with Gasteiger partial charge in [0.2, 0.25) is 5.91 Å². The smallest absolute Gasteiger partial charge is 0.407 e. The number of carbonyl (C=O) groups is 3. The van der Waals surface area contributed by atoms with Crippen molar-refractivity contribution in [2.75, 3.05) is 6.61 Å². The lowest BCUT2D eigenvalue weighted by Crippen LogP contribution is -2.64. The lowest BCUT2D eigenvalue weighted by Gasteiger charge is -2.45. The molecule has 2 aromatic carbocycles. The molecule has 0 spiro atoms. The van der Waals surface area contributed by atoms with Gasteiger partial charge in [-0.3, -0.25) is 4.79 Å². The number of alkyl carbamates (subject to hydrolysis) is 1. The Morgan fingerprint density at radius 2 is 1.57 bits per heavy atom. The first-order valence-corrected chi connectivity index (χ1v) is 12.5. The molecule has 2 aromatic rings. The van der Waals surface area contributed by atoms with Crippen molar-refractivity contribution in [2.24, 2.45) is 5.41 Å². The maximum Gasteiger partial charge on any atom is 0.407 e. The van der Waals surface area contributed by atoms with E-state index in [1.165, 1.54) is 0 Å². The number of hydrogen-bond acceptors (Lipinski definition) is 4. The van der Waals surface area contributed by atoms with E-state index in [2.05, 4.69) is 34.9 Å². The first-order chi connectivity index (χ1) is 16.8. The summed E-state index contributed by atoms with van der Waals surface area (Å²) >= 11 is 0. The highest BCUT2D eigenvalue weighted by Crippen LogP contribution is 2.44. The molecular weight excluding hydrogens is 444 g/mol. The maximum atomic E-state index is 13.3. The number of carbonyl (C=O) groups excluding carboxylic acids is 2. The SMILES string of the molecule is CC1(C(=O)NC2(C(=O)O)CCC2)CCCCC1NC(=O)OCC1c2ccccc2-c2ccccc21. The number of benzene rings is 2. The predicted molar refractivity (Wildman–Crippen MR) is 131 cm³/mol. The van der Waals surface area contributed by atoms with Crippen LogP contribution in [0.2, 0.25) is 0 Å². The van der Waals surface area contributed by atoms with Gasteiger partial charge in [-0.2, -0.15) is 0 Å². The topological polar surface area (TPSA) is 105 Å². The molecule has 5 rings (SSSR count). The lowest BCUT2D eigenvalue weighted by molar-refractivity contribution is -0.154. The van der Waals surface area contributed by atoms with Crippen molar-refractivity contribution in [3.8, 4) is 11.1 Å². The van der Waals surface area contributed by atoms with Crippen LogP contribution in [0, 0.1) is 5.41 Å². The largest absolute Gasteiger partial charge is 0.480 e. The number of carboxylic acids is 1.